The molecule has 0 radical (unpaired) electrons. The molecule has 0 saturated carbocycles. The van der Waals surface area contributed by atoms with Gasteiger partial charge in [0.2, 0.25) is 0 Å². The first-order chi connectivity index (χ1) is 13.8. The third kappa shape index (κ3) is 4.70. The van der Waals surface area contributed by atoms with Crippen molar-refractivity contribution in [2.75, 3.05) is 5.32 Å². The quantitative estimate of drug-likeness (QED) is 0.501. The third-order valence-electron chi connectivity index (χ3n) is 4.86. The Labute approximate surface area is 168 Å². The predicted octanol–water partition coefficient (Wildman–Crippen LogP) is 6.53. The second-order valence-corrected chi connectivity index (χ2v) is 6.93. The van der Waals surface area contributed by atoms with Crippen molar-refractivity contribution in [1.82, 2.24) is 4.57 Å². The topological polar surface area (TPSA) is 34.0 Å². The van der Waals surface area contributed by atoms with Crippen molar-refractivity contribution in [2.24, 2.45) is 0 Å². The number of amides is 1. The molecule has 0 fully saturated rings. The first-order valence-corrected chi connectivity index (χ1v) is 9.55. The van der Waals surface area contributed by atoms with Gasteiger partial charge in [-0.2, -0.15) is 13.2 Å². The van der Waals surface area contributed by atoms with Gasteiger partial charge >= 0.3 is 6.18 Å². The minimum atomic E-state index is -4.46. The number of alkyl halides is 3. The number of carbonyl (C=O) groups is 1. The Bertz CT molecular complexity index is 991. The van der Waals surface area contributed by atoms with Crippen molar-refractivity contribution in [3.63, 3.8) is 0 Å². The van der Waals surface area contributed by atoms with E-state index in [1.165, 1.54) is 12.1 Å². The maximum atomic E-state index is 12.9. The summed E-state index contributed by atoms with van der Waals surface area (Å²) in [5, 5.41) is 2.61. The van der Waals surface area contributed by atoms with Crippen LogP contribution in [0.1, 0.15) is 41.4 Å². The Kier molecular flexibility index (Phi) is 6.11. The maximum absolute atomic E-state index is 12.9. The van der Waals surface area contributed by atoms with Gasteiger partial charge in [0.1, 0.15) is 0 Å². The van der Waals surface area contributed by atoms with Crippen LogP contribution in [0.3, 0.4) is 0 Å². The number of hydrogen-bond donors (Lipinski definition) is 1. The summed E-state index contributed by atoms with van der Waals surface area (Å²) in [6.07, 6.45) is -2.48. The summed E-state index contributed by atoms with van der Waals surface area (Å²) in [5.41, 5.74) is 2.49. The fourth-order valence-corrected chi connectivity index (χ4v) is 3.30. The molecule has 0 saturated heterocycles. The second-order valence-electron chi connectivity index (χ2n) is 6.93. The zero-order valence-corrected chi connectivity index (χ0v) is 16.4. The Balaban J connectivity index is 1.94. The van der Waals surface area contributed by atoms with Crippen LogP contribution in [-0.2, 0) is 12.7 Å². The molecule has 0 spiro atoms. The molecule has 3 aromatic rings. The van der Waals surface area contributed by atoms with Crippen molar-refractivity contribution in [3.8, 4) is 11.3 Å². The average Bonchev–Trinajstić information content (AvgIpc) is 3.03. The number of unbranched alkanes of at least 4 members (excludes halogenated alkanes) is 1. The van der Waals surface area contributed by atoms with Crippen LogP contribution in [-0.4, -0.2) is 10.5 Å². The van der Waals surface area contributed by atoms with E-state index in [1.54, 1.807) is 0 Å². The molecule has 0 atom stereocenters. The fourth-order valence-electron chi connectivity index (χ4n) is 3.30. The molecule has 1 heterocycles. The molecule has 0 aliphatic rings. The number of hydrogen-bond acceptors (Lipinski definition) is 1. The number of carbonyl (C=O) groups excluding carboxylic acids is 1. The lowest BCUT2D eigenvalue weighted by atomic mass is 10.1. The molecule has 0 unspecified atom stereocenters. The van der Waals surface area contributed by atoms with Crippen molar-refractivity contribution < 1.29 is 18.0 Å². The molecule has 0 bridgehead atoms. The summed E-state index contributed by atoms with van der Waals surface area (Å²) in [6, 6.07) is 16.2. The van der Waals surface area contributed by atoms with Gasteiger partial charge in [-0.3, -0.25) is 4.79 Å². The monoisotopic (exact) mass is 400 g/mol. The highest BCUT2D eigenvalue weighted by atomic mass is 19.4. The van der Waals surface area contributed by atoms with E-state index in [0.717, 1.165) is 48.5 Å². The fraction of sp³-hybridized carbons (Fsp3) is 0.261. The van der Waals surface area contributed by atoms with Crippen LogP contribution in [0.25, 0.3) is 11.3 Å². The Morgan fingerprint density at radius 2 is 1.76 bits per heavy atom. The number of nitrogens with one attached hydrogen (secondary N) is 1. The van der Waals surface area contributed by atoms with E-state index in [1.807, 2.05) is 43.3 Å². The van der Waals surface area contributed by atoms with Gasteiger partial charge in [0.05, 0.1) is 11.1 Å². The summed E-state index contributed by atoms with van der Waals surface area (Å²) in [5.74, 6) is -0.422. The van der Waals surface area contributed by atoms with E-state index in [2.05, 4.69) is 16.8 Å². The Morgan fingerprint density at radius 1 is 1.03 bits per heavy atom. The molecule has 152 valence electrons. The van der Waals surface area contributed by atoms with Crippen LogP contribution in [0.15, 0.2) is 60.7 Å². The zero-order chi connectivity index (χ0) is 21.0. The molecule has 1 amide bonds. The summed E-state index contributed by atoms with van der Waals surface area (Å²) >= 11 is 0. The number of anilines is 1. The summed E-state index contributed by atoms with van der Waals surface area (Å²) < 4.78 is 40.9. The lowest BCUT2D eigenvalue weighted by molar-refractivity contribution is -0.137. The van der Waals surface area contributed by atoms with Gasteiger partial charge in [0, 0.05) is 23.6 Å². The van der Waals surface area contributed by atoms with Gasteiger partial charge in [0.15, 0.2) is 0 Å². The van der Waals surface area contributed by atoms with Crippen molar-refractivity contribution >= 4 is 11.6 Å². The maximum Gasteiger partial charge on any atom is 0.416 e. The Morgan fingerprint density at radius 3 is 2.41 bits per heavy atom. The Hall–Kier alpha value is -3.02. The standard InChI is InChI=1S/C23H23F3N2O/c1-3-4-13-28-16(2)20(15-21(28)17-9-6-5-7-10-17)22(29)27-19-12-8-11-18(14-19)23(24,25)26/h5-12,14-15H,3-4,13H2,1-2H3,(H,27,29). The minimum Gasteiger partial charge on any atom is -0.344 e. The van der Waals surface area contributed by atoms with Crippen LogP contribution < -0.4 is 5.32 Å². The van der Waals surface area contributed by atoms with E-state index in [0.29, 0.717) is 5.56 Å². The van der Waals surface area contributed by atoms with E-state index in [4.69, 9.17) is 0 Å². The van der Waals surface area contributed by atoms with Crippen molar-refractivity contribution in [2.45, 2.75) is 39.4 Å². The zero-order valence-electron chi connectivity index (χ0n) is 16.4. The number of rotatable bonds is 6. The first-order valence-electron chi connectivity index (χ1n) is 9.55. The number of halogens is 3. The van der Waals surface area contributed by atoms with Gasteiger partial charge in [0.25, 0.3) is 5.91 Å². The summed E-state index contributed by atoms with van der Waals surface area (Å²) in [7, 11) is 0. The third-order valence-corrected chi connectivity index (χ3v) is 4.86. The lowest BCUT2D eigenvalue weighted by Gasteiger charge is -2.12. The smallest absolute Gasteiger partial charge is 0.344 e. The highest BCUT2D eigenvalue weighted by Gasteiger charge is 2.30. The van der Waals surface area contributed by atoms with Crippen molar-refractivity contribution in [1.29, 1.82) is 0 Å². The molecular formula is C23H23F3N2O. The highest BCUT2D eigenvalue weighted by Crippen LogP contribution is 2.31. The van der Waals surface area contributed by atoms with Gasteiger partial charge in [-0.1, -0.05) is 49.7 Å². The van der Waals surface area contributed by atoms with Crippen LogP contribution >= 0.6 is 0 Å². The normalized spacial score (nSPS) is 11.5. The van der Waals surface area contributed by atoms with Crippen molar-refractivity contribution in [3.05, 3.63) is 77.5 Å². The number of nitrogens with zero attached hydrogens (tertiary/aromatic N) is 1. The highest BCUT2D eigenvalue weighted by molar-refractivity contribution is 6.06. The number of benzene rings is 2. The molecule has 1 N–H and O–H groups in total. The van der Waals surface area contributed by atoms with E-state index < -0.39 is 17.6 Å². The second kappa shape index (κ2) is 8.55. The molecular weight excluding hydrogens is 377 g/mol. The molecule has 3 rings (SSSR count). The van der Waals surface area contributed by atoms with Gasteiger partial charge in [-0.15, -0.1) is 0 Å². The first kappa shape index (κ1) is 20.7. The largest absolute Gasteiger partial charge is 0.416 e. The van der Waals surface area contributed by atoms with Crippen LogP contribution in [0.4, 0.5) is 18.9 Å². The predicted molar refractivity (Wildman–Crippen MR) is 109 cm³/mol. The van der Waals surface area contributed by atoms with E-state index in [9.17, 15) is 18.0 Å². The molecule has 2 aromatic carbocycles. The molecule has 0 aliphatic heterocycles. The molecule has 0 aliphatic carbocycles. The van der Waals surface area contributed by atoms with Gasteiger partial charge < -0.3 is 9.88 Å². The van der Waals surface area contributed by atoms with E-state index in [-0.39, 0.29) is 5.69 Å². The van der Waals surface area contributed by atoms with Crippen LogP contribution in [0.5, 0.6) is 0 Å². The summed E-state index contributed by atoms with van der Waals surface area (Å²) in [4.78, 5) is 12.9. The SMILES string of the molecule is CCCCn1c(-c2ccccc2)cc(C(=O)Nc2cccc(C(F)(F)F)c2)c1C. The average molecular weight is 400 g/mol. The minimum absolute atomic E-state index is 0.117. The molecule has 1 aromatic heterocycles. The van der Waals surface area contributed by atoms with Gasteiger partial charge in [-0.25, -0.2) is 0 Å². The van der Waals surface area contributed by atoms with E-state index >= 15 is 0 Å². The van der Waals surface area contributed by atoms with Crippen LogP contribution in [0.2, 0.25) is 0 Å². The molecule has 29 heavy (non-hydrogen) atoms. The molecule has 3 nitrogen and oxygen atoms in total. The van der Waals surface area contributed by atoms with Gasteiger partial charge in [-0.05, 0) is 43.2 Å². The number of aromatic nitrogens is 1. The summed E-state index contributed by atoms with van der Waals surface area (Å²) in [6.45, 7) is 4.73. The molecule has 6 heteroatoms. The van der Waals surface area contributed by atoms with Crippen LogP contribution in [0, 0.1) is 6.92 Å². The lowest BCUT2D eigenvalue weighted by Crippen LogP contribution is -2.14.